The van der Waals surface area contributed by atoms with Gasteiger partial charge in [0.2, 0.25) is 0 Å². The van der Waals surface area contributed by atoms with Crippen LogP contribution < -0.4 is 4.90 Å². The van der Waals surface area contributed by atoms with Crippen molar-refractivity contribution in [3.8, 4) is 0 Å². The monoisotopic (exact) mass is 208 g/mol. The van der Waals surface area contributed by atoms with Crippen molar-refractivity contribution >= 4 is 5.82 Å². The Morgan fingerprint density at radius 2 is 2.13 bits per heavy atom. The predicted octanol–water partition coefficient (Wildman–Crippen LogP) is 1.99. The van der Waals surface area contributed by atoms with E-state index in [0.717, 1.165) is 25.3 Å². The Morgan fingerprint density at radius 3 is 2.60 bits per heavy atom. The summed E-state index contributed by atoms with van der Waals surface area (Å²) < 4.78 is 0. The quantitative estimate of drug-likeness (QED) is 0.766. The van der Waals surface area contributed by atoms with Crippen LogP contribution in [0.1, 0.15) is 25.8 Å². The summed E-state index contributed by atoms with van der Waals surface area (Å²) in [6.07, 6.45) is 2.54. The highest BCUT2D eigenvalue weighted by atomic mass is 16.3. The molecule has 1 unspecified atom stereocenters. The number of pyridine rings is 1. The van der Waals surface area contributed by atoms with Crippen molar-refractivity contribution in [2.24, 2.45) is 0 Å². The molecule has 1 aromatic heterocycles. The van der Waals surface area contributed by atoms with Crippen molar-refractivity contribution in [1.82, 2.24) is 4.98 Å². The molecule has 84 valence electrons. The molecule has 2 heterocycles. The first-order valence-corrected chi connectivity index (χ1v) is 5.61. The molecule has 15 heavy (non-hydrogen) atoms. The topological polar surface area (TPSA) is 36.4 Å². The Balaban J connectivity index is 0.000000531. The molecule has 0 aliphatic carbocycles. The molecular formula is C12H20N2O. The Hall–Kier alpha value is -1.09. The molecule has 1 N–H and O–H groups in total. The van der Waals surface area contributed by atoms with E-state index >= 15 is 0 Å². The SMILES string of the molecule is CC.Cc1ccc(N2CCC(O)C2)nc1. The molecule has 1 atom stereocenters. The maximum Gasteiger partial charge on any atom is 0.128 e. The molecular weight excluding hydrogens is 188 g/mol. The molecule has 0 saturated carbocycles. The second-order valence-electron chi connectivity index (χ2n) is 3.58. The predicted molar refractivity (Wildman–Crippen MR) is 63.2 cm³/mol. The summed E-state index contributed by atoms with van der Waals surface area (Å²) in [6.45, 7) is 7.66. The first-order chi connectivity index (χ1) is 7.25. The fraction of sp³-hybridized carbons (Fsp3) is 0.583. The second kappa shape index (κ2) is 5.71. The van der Waals surface area contributed by atoms with Gasteiger partial charge in [0.05, 0.1) is 6.10 Å². The Morgan fingerprint density at radius 1 is 1.40 bits per heavy atom. The fourth-order valence-electron chi connectivity index (χ4n) is 1.60. The van der Waals surface area contributed by atoms with E-state index < -0.39 is 0 Å². The zero-order chi connectivity index (χ0) is 11.3. The number of anilines is 1. The van der Waals surface area contributed by atoms with Gasteiger partial charge in [0.15, 0.2) is 0 Å². The molecule has 1 aliphatic rings. The van der Waals surface area contributed by atoms with Crippen LogP contribution in [-0.4, -0.2) is 29.3 Å². The number of nitrogens with zero attached hydrogens (tertiary/aromatic N) is 2. The number of aromatic nitrogens is 1. The van der Waals surface area contributed by atoms with E-state index in [2.05, 4.69) is 9.88 Å². The molecule has 1 aliphatic heterocycles. The van der Waals surface area contributed by atoms with Crippen LogP contribution in [-0.2, 0) is 0 Å². The average molecular weight is 208 g/mol. The van der Waals surface area contributed by atoms with Crippen molar-refractivity contribution in [2.45, 2.75) is 33.3 Å². The van der Waals surface area contributed by atoms with Gasteiger partial charge in [-0.1, -0.05) is 19.9 Å². The standard InChI is InChI=1S/C10H14N2O.C2H6/c1-8-2-3-10(11-6-8)12-5-4-9(13)7-12;1-2/h2-3,6,9,13H,4-5,7H2,1H3;1-2H3. The maximum atomic E-state index is 9.35. The summed E-state index contributed by atoms with van der Waals surface area (Å²) in [5.74, 6) is 0.974. The maximum absolute atomic E-state index is 9.35. The Bertz CT molecular complexity index is 284. The molecule has 0 spiro atoms. The van der Waals surface area contributed by atoms with Crippen molar-refractivity contribution in [1.29, 1.82) is 0 Å². The fourth-order valence-corrected chi connectivity index (χ4v) is 1.60. The third-order valence-electron chi connectivity index (χ3n) is 2.38. The van der Waals surface area contributed by atoms with Crippen molar-refractivity contribution in [3.05, 3.63) is 23.9 Å². The van der Waals surface area contributed by atoms with E-state index in [1.54, 1.807) is 0 Å². The lowest BCUT2D eigenvalue weighted by molar-refractivity contribution is 0.198. The highest BCUT2D eigenvalue weighted by Crippen LogP contribution is 2.17. The Kier molecular flexibility index (Phi) is 4.56. The normalized spacial score (nSPS) is 19.7. The van der Waals surface area contributed by atoms with Gasteiger partial charge in [-0.25, -0.2) is 4.98 Å². The minimum atomic E-state index is -0.178. The Labute approximate surface area is 91.8 Å². The summed E-state index contributed by atoms with van der Waals surface area (Å²) in [6, 6.07) is 4.06. The van der Waals surface area contributed by atoms with Crippen LogP contribution in [0, 0.1) is 6.92 Å². The van der Waals surface area contributed by atoms with Crippen LogP contribution >= 0.6 is 0 Å². The number of aryl methyl sites for hydroxylation is 1. The molecule has 1 fully saturated rings. The number of rotatable bonds is 1. The van der Waals surface area contributed by atoms with Gasteiger partial charge in [0, 0.05) is 19.3 Å². The lowest BCUT2D eigenvalue weighted by Crippen LogP contribution is -2.21. The zero-order valence-electron chi connectivity index (χ0n) is 9.77. The molecule has 2 rings (SSSR count). The number of β-amino-alcohol motifs (C(OH)–C–C–N with tert-alkyl or cyclic N) is 1. The van der Waals surface area contributed by atoms with Gasteiger partial charge in [-0.05, 0) is 25.0 Å². The number of hydrogen-bond acceptors (Lipinski definition) is 3. The van der Waals surface area contributed by atoms with Crippen molar-refractivity contribution in [3.63, 3.8) is 0 Å². The van der Waals surface area contributed by atoms with Gasteiger partial charge in [-0.15, -0.1) is 0 Å². The van der Waals surface area contributed by atoms with Crippen LogP contribution in [0.2, 0.25) is 0 Å². The minimum absolute atomic E-state index is 0.178. The molecule has 3 heteroatoms. The molecule has 3 nitrogen and oxygen atoms in total. The van der Waals surface area contributed by atoms with E-state index in [4.69, 9.17) is 0 Å². The van der Waals surface area contributed by atoms with E-state index in [1.807, 2.05) is 39.1 Å². The summed E-state index contributed by atoms with van der Waals surface area (Å²) in [4.78, 5) is 6.42. The highest BCUT2D eigenvalue weighted by molar-refractivity contribution is 5.40. The molecule has 0 radical (unpaired) electrons. The average Bonchev–Trinajstić information content (AvgIpc) is 2.69. The van der Waals surface area contributed by atoms with Crippen LogP contribution in [0.4, 0.5) is 5.82 Å². The number of aliphatic hydroxyl groups excluding tert-OH is 1. The van der Waals surface area contributed by atoms with Crippen LogP contribution in [0.5, 0.6) is 0 Å². The smallest absolute Gasteiger partial charge is 0.128 e. The van der Waals surface area contributed by atoms with Crippen LogP contribution in [0.25, 0.3) is 0 Å². The molecule has 1 aromatic rings. The third-order valence-corrected chi connectivity index (χ3v) is 2.38. The largest absolute Gasteiger partial charge is 0.391 e. The van der Waals surface area contributed by atoms with Crippen LogP contribution in [0.15, 0.2) is 18.3 Å². The minimum Gasteiger partial charge on any atom is -0.391 e. The van der Waals surface area contributed by atoms with E-state index in [-0.39, 0.29) is 6.10 Å². The third kappa shape index (κ3) is 3.20. The van der Waals surface area contributed by atoms with Crippen molar-refractivity contribution in [2.75, 3.05) is 18.0 Å². The van der Waals surface area contributed by atoms with Gasteiger partial charge in [0.25, 0.3) is 0 Å². The van der Waals surface area contributed by atoms with E-state index in [1.165, 1.54) is 5.56 Å². The van der Waals surface area contributed by atoms with Gasteiger partial charge in [-0.2, -0.15) is 0 Å². The summed E-state index contributed by atoms with van der Waals surface area (Å²) in [5.41, 5.74) is 1.17. The van der Waals surface area contributed by atoms with Gasteiger partial charge < -0.3 is 10.0 Å². The first-order valence-electron chi connectivity index (χ1n) is 5.61. The molecule has 0 aromatic carbocycles. The number of hydrogen-bond donors (Lipinski definition) is 1. The van der Waals surface area contributed by atoms with Crippen LogP contribution in [0.3, 0.4) is 0 Å². The zero-order valence-corrected chi connectivity index (χ0v) is 9.77. The molecule has 0 bridgehead atoms. The van der Waals surface area contributed by atoms with E-state index in [0.29, 0.717) is 0 Å². The molecule has 0 amide bonds. The number of aliphatic hydroxyl groups is 1. The molecule has 1 saturated heterocycles. The van der Waals surface area contributed by atoms with Gasteiger partial charge in [-0.3, -0.25) is 0 Å². The lowest BCUT2D eigenvalue weighted by atomic mass is 10.3. The highest BCUT2D eigenvalue weighted by Gasteiger charge is 2.20. The summed E-state index contributed by atoms with van der Waals surface area (Å²) in [7, 11) is 0. The van der Waals surface area contributed by atoms with E-state index in [9.17, 15) is 5.11 Å². The van der Waals surface area contributed by atoms with Gasteiger partial charge >= 0.3 is 0 Å². The lowest BCUT2D eigenvalue weighted by Gasteiger charge is -2.15. The van der Waals surface area contributed by atoms with Crippen molar-refractivity contribution < 1.29 is 5.11 Å². The summed E-state index contributed by atoms with van der Waals surface area (Å²) >= 11 is 0. The second-order valence-corrected chi connectivity index (χ2v) is 3.58. The summed E-state index contributed by atoms with van der Waals surface area (Å²) in [5, 5.41) is 9.35. The van der Waals surface area contributed by atoms with Gasteiger partial charge in [0.1, 0.15) is 5.82 Å². The first kappa shape index (κ1) is 12.0.